The highest BCUT2D eigenvalue weighted by atomic mass is 79.9. The summed E-state index contributed by atoms with van der Waals surface area (Å²) in [4.78, 5) is 5.26. The lowest BCUT2D eigenvalue weighted by Crippen LogP contribution is -1.84. The highest BCUT2D eigenvalue weighted by Gasteiger charge is 2.24. The number of halogens is 1. The third kappa shape index (κ3) is 0.909. The van der Waals surface area contributed by atoms with Crippen LogP contribution in [0.5, 0.6) is 0 Å². The smallest absolute Gasteiger partial charge is 0.159 e. The lowest BCUT2D eigenvalue weighted by atomic mass is 10.3. The summed E-state index contributed by atoms with van der Waals surface area (Å²) in [6.45, 7) is 0. The largest absolute Gasteiger partial charge is 0.387 e. The van der Waals surface area contributed by atoms with Gasteiger partial charge in [-0.25, -0.2) is 4.98 Å². The van der Waals surface area contributed by atoms with E-state index in [1.165, 1.54) is 0 Å². The molecule has 1 unspecified atom stereocenters. The van der Waals surface area contributed by atoms with Gasteiger partial charge < -0.3 is 5.11 Å². The van der Waals surface area contributed by atoms with Gasteiger partial charge in [0.25, 0.3) is 0 Å². The number of hydrogen-bond donors (Lipinski definition) is 1. The van der Waals surface area contributed by atoms with Gasteiger partial charge in [0.15, 0.2) is 3.92 Å². The van der Waals surface area contributed by atoms with Crippen LogP contribution in [-0.2, 0) is 6.42 Å². The first-order valence-electron chi connectivity index (χ1n) is 3.10. The molecule has 1 aliphatic carbocycles. The Morgan fingerprint density at radius 1 is 1.70 bits per heavy atom. The second kappa shape index (κ2) is 2.29. The van der Waals surface area contributed by atoms with E-state index < -0.39 is 0 Å². The quantitative estimate of drug-likeness (QED) is 0.724. The maximum atomic E-state index is 9.34. The molecular formula is C6H6BrNOS. The van der Waals surface area contributed by atoms with Crippen LogP contribution < -0.4 is 0 Å². The predicted molar refractivity (Wildman–Crippen MR) is 43.1 cm³/mol. The van der Waals surface area contributed by atoms with Crippen molar-refractivity contribution in [1.82, 2.24) is 4.98 Å². The molecule has 1 heterocycles. The Morgan fingerprint density at radius 2 is 2.50 bits per heavy atom. The van der Waals surface area contributed by atoms with E-state index in [1.807, 2.05) is 0 Å². The second-order valence-corrected chi connectivity index (χ2v) is 4.64. The van der Waals surface area contributed by atoms with E-state index in [9.17, 15) is 5.11 Å². The number of thiazole rings is 1. The molecule has 54 valence electrons. The van der Waals surface area contributed by atoms with Crippen molar-refractivity contribution in [3.8, 4) is 0 Å². The zero-order valence-electron chi connectivity index (χ0n) is 5.17. The Kier molecular flexibility index (Phi) is 1.55. The van der Waals surface area contributed by atoms with Gasteiger partial charge in [-0.1, -0.05) is 0 Å². The van der Waals surface area contributed by atoms with Crippen LogP contribution in [0.15, 0.2) is 3.92 Å². The highest BCUT2D eigenvalue weighted by Crippen LogP contribution is 2.36. The lowest BCUT2D eigenvalue weighted by molar-refractivity contribution is 0.183. The number of aliphatic hydroxyl groups is 1. The normalized spacial score (nSPS) is 23.2. The van der Waals surface area contributed by atoms with Gasteiger partial charge in [-0.05, 0) is 28.8 Å². The van der Waals surface area contributed by atoms with Crippen LogP contribution in [0.2, 0.25) is 0 Å². The molecule has 10 heavy (non-hydrogen) atoms. The molecule has 0 saturated carbocycles. The summed E-state index contributed by atoms with van der Waals surface area (Å²) in [5.74, 6) is 0. The van der Waals surface area contributed by atoms with Gasteiger partial charge in [0.2, 0.25) is 0 Å². The molecule has 4 heteroatoms. The fourth-order valence-corrected chi connectivity index (χ4v) is 2.77. The summed E-state index contributed by atoms with van der Waals surface area (Å²) >= 11 is 4.82. The number of aryl methyl sites for hydroxylation is 1. The van der Waals surface area contributed by atoms with E-state index in [2.05, 4.69) is 20.9 Å². The lowest BCUT2D eigenvalue weighted by Gasteiger charge is -1.94. The van der Waals surface area contributed by atoms with E-state index in [1.54, 1.807) is 11.3 Å². The summed E-state index contributed by atoms with van der Waals surface area (Å²) in [6, 6.07) is 0. The molecule has 1 aliphatic rings. The Balaban J connectivity index is 2.49. The summed E-state index contributed by atoms with van der Waals surface area (Å²) < 4.78 is 0.885. The van der Waals surface area contributed by atoms with Crippen LogP contribution in [0.25, 0.3) is 0 Å². The van der Waals surface area contributed by atoms with Gasteiger partial charge in [-0.2, -0.15) is 0 Å². The number of aromatic nitrogens is 1. The number of aliphatic hydroxyl groups excluding tert-OH is 1. The van der Waals surface area contributed by atoms with Crippen LogP contribution in [0.4, 0.5) is 0 Å². The van der Waals surface area contributed by atoms with Crippen LogP contribution in [0.1, 0.15) is 23.1 Å². The maximum absolute atomic E-state index is 9.34. The van der Waals surface area contributed by atoms with Crippen molar-refractivity contribution in [3.63, 3.8) is 0 Å². The van der Waals surface area contributed by atoms with Gasteiger partial charge in [-0.15, -0.1) is 11.3 Å². The molecule has 1 aromatic rings. The Labute approximate surface area is 71.0 Å². The van der Waals surface area contributed by atoms with Crippen LogP contribution in [-0.4, -0.2) is 10.1 Å². The molecule has 0 saturated heterocycles. The minimum atomic E-state index is -0.251. The summed E-state index contributed by atoms with van der Waals surface area (Å²) in [5, 5.41) is 9.34. The Hall–Kier alpha value is 0.0700. The summed E-state index contributed by atoms with van der Waals surface area (Å²) in [6.07, 6.45) is 1.53. The Morgan fingerprint density at radius 3 is 3.20 bits per heavy atom. The van der Waals surface area contributed by atoms with Gasteiger partial charge in [-0.3, -0.25) is 0 Å². The van der Waals surface area contributed by atoms with Crippen molar-refractivity contribution in [3.05, 3.63) is 14.5 Å². The van der Waals surface area contributed by atoms with Gasteiger partial charge >= 0.3 is 0 Å². The molecule has 0 aliphatic heterocycles. The average molecular weight is 220 g/mol. The predicted octanol–water partition coefficient (Wildman–Crippen LogP) is 1.89. The highest BCUT2D eigenvalue weighted by molar-refractivity contribution is 9.11. The fraction of sp³-hybridized carbons (Fsp3) is 0.500. The zero-order chi connectivity index (χ0) is 7.14. The maximum Gasteiger partial charge on any atom is 0.159 e. The number of nitrogens with zero attached hydrogens (tertiary/aromatic N) is 1. The summed E-state index contributed by atoms with van der Waals surface area (Å²) in [5.41, 5.74) is 1.07. The van der Waals surface area contributed by atoms with Gasteiger partial charge in [0, 0.05) is 0 Å². The van der Waals surface area contributed by atoms with Gasteiger partial charge in [0.05, 0.1) is 16.7 Å². The molecule has 2 nitrogen and oxygen atoms in total. The first-order chi connectivity index (χ1) is 4.77. The van der Waals surface area contributed by atoms with E-state index in [-0.39, 0.29) is 6.10 Å². The first-order valence-corrected chi connectivity index (χ1v) is 4.71. The van der Waals surface area contributed by atoms with Crippen molar-refractivity contribution < 1.29 is 5.11 Å². The monoisotopic (exact) mass is 219 g/mol. The number of hydrogen-bond acceptors (Lipinski definition) is 3. The van der Waals surface area contributed by atoms with Crippen molar-refractivity contribution >= 4 is 27.3 Å². The third-order valence-corrected chi connectivity index (χ3v) is 3.31. The zero-order valence-corrected chi connectivity index (χ0v) is 7.57. The minimum absolute atomic E-state index is 0.251. The minimum Gasteiger partial charge on any atom is -0.387 e. The van der Waals surface area contributed by atoms with Crippen LogP contribution in [0.3, 0.4) is 0 Å². The van der Waals surface area contributed by atoms with Crippen LogP contribution >= 0.6 is 27.3 Å². The van der Waals surface area contributed by atoms with Crippen molar-refractivity contribution in [1.29, 1.82) is 0 Å². The third-order valence-electron chi connectivity index (χ3n) is 1.66. The standard InChI is InChI=1S/C6H6BrNOS/c7-6-8-3-1-2-4(9)5(3)10-6/h4,9H,1-2H2. The molecule has 1 atom stereocenters. The average Bonchev–Trinajstić information content (AvgIpc) is 2.35. The molecular weight excluding hydrogens is 214 g/mol. The van der Waals surface area contributed by atoms with E-state index in [0.29, 0.717) is 0 Å². The van der Waals surface area contributed by atoms with Crippen molar-refractivity contribution in [2.45, 2.75) is 18.9 Å². The fourth-order valence-electron chi connectivity index (χ4n) is 1.18. The van der Waals surface area contributed by atoms with Crippen molar-refractivity contribution in [2.75, 3.05) is 0 Å². The molecule has 0 amide bonds. The SMILES string of the molecule is OC1CCc2nc(Br)sc21. The van der Waals surface area contributed by atoms with E-state index in [0.717, 1.165) is 27.3 Å². The first kappa shape index (κ1) is 6.76. The topological polar surface area (TPSA) is 33.1 Å². The second-order valence-electron chi connectivity index (χ2n) is 2.33. The Bertz CT molecular complexity index is 260. The molecule has 0 radical (unpaired) electrons. The van der Waals surface area contributed by atoms with E-state index in [4.69, 9.17) is 0 Å². The number of rotatable bonds is 0. The molecule has 1 N–H and O–H groups in total. The summed E-state index contributed by atoms with van der Waals surface area (Å²) in [7, 11) is 0. The van der Waals surface area contributed by atoms with Gasteiger partial charge in [0.1, 0.15) is 0 Å². The molecule has 0 aromatic carbocycles. The molecule has 1 aromatic heterocycles. The van der Waals surface area contributed by atoms with Crippen LogP contribution in [0, 0.1) is 0 Å². The van der Waals surface area contributed by atoms with Crippen molar-refractivity contribution in [2.24, 2.45) is 0 Å². The molecule has 2 rings (SSSR count). The molecule has 0 bridgehead atoms. The number of fused-ring (bicyclic) bond motifs is 1. The molecule has 0 fully saturated rings. The van der Waals surface area contributed by atoms with E-state index >= 15 is 0 Å². The molecule has 0 spiro atoms.